The van der Waals surface area contributed by atoms with Crippen molar-refractivity contribution in [3.63, 3.8) is 0 Å². The van der Waals surface area contributed by atoms with Gasteiger partial charge in [0.05, 0.1) is 5.69 Å². The van der Waals surface area contributed by atoms with Gasteiger partial charge in [0.15, 0.2) is 5.75 Å². The Morgan fingerprint density at radius 1 is 0.735 bits per heavy atom. The smallest absolute Gasteiger partial charge is 0.473 e. The second kappa shape index (κ2) is 10.2. The number of nitrogen functional groups attached to an aromatic ring is 1. The lowest BCUT2D eigenvalue weighted by atomic mass is 10.1. The Bertz CT molecular complexity index is 1230. The van der Waals surface area contributed by atoms with Gasteiger partial charge in [-0.2, -0.15) is 4.98 Å². The fraction of sp³-hybridized carbons (Fsp3) is 0.115. The highest BCUT2D eigenvalue weighted by atomic mass is 19.4. The number of alkyl halides is 3. The number of aromatic nitrogens is 1. The molecule has 1 aromatic heterocycles. The highest BCUT2D eigenvalue weighted by molar-refractivity contribution is 5.74. The average Bonchev–Trinajstić information content (AvgIpc) is 2.83. The Labute approximate surface area is 194 Å². The molecule has 0 saturated carbocycles. The van der Waals surface area contributed by atoms with Crippen molar-refractivity contribution in [1.82, 2.24) is 4.98 Å². The molecule has 8 heteroatoms. The van der Waals surface area contributed by atoms with Crippen LogP contribution in [0, 0.1) is 0 Å². The minimum atomic E-state index is -4.83. The number of benzene rings is 3. The number of halogens is 3. The van der Waals surface area contributed by atoms with Crippen LogP contribution in [0.25, 0.3) is 11.1 Å². The molecule has 0 aliphatic carbocycles. The van der Waals surface area contributed by atoms with Crippen molar-refractivity contribution in [3.05, 3.63) is 102 Å². The highest BCUT2D eigenvalue weighted by Crippen LogP contribution is 2.36. The van der Waals surface area contributed by atoms with Gasteiger partial charge in [0.1, 0.15) is 13.2 Å². The van der Waals surface area contributed by atoms with Gasteiger partial charge in [-0.05, 0) is 34.9 Å². The van der Waals surface area contributed by atoms with Gasteiger partial charge in [0.25, 0.3) is 0 Å². The van der Waals surface area contributed by atoms with E-state index >= 15 is 0 Å². The van der Waals surface area contributed by atoms with E-state index in [0.29, 0.717) is 23.6 Å². The van der Waals surface area contributed by atoms with Gasteiger partial charge in [0.2, 0.25) is 11.8 Å². The van der Waals surface area contributed by atoms with Gasteiger partial charge in [-0.15, -0.1) is 13.2 Å². The number of anilines is 1. The molecule has 0 aliphatic heterocycles. The summed E-state index contributed by atoms with van der Waals surface area (Å²) in [4.78, 5) is 4.49. The van der Waals surface area contributed by atoms with Crippen LogP contribution in [0.3, 0.4) is 0 Å². The zero-order valence-corrected chi connectivity index (χ0v) is 18.0. The molecule has 0 bridgehead atoms. The second-order valence-corrected chi connectivity index (χ2v) is 7.35. The summed E-state index contributed by atoms with van der Waals surface area (Å²) < 4.78 is 53.5. The largest absolute Gasteiger partial charge is 0.573 e. The first-order chi connectivity index (χ1) is 16.4. The molecule has 0 aliphatic rings. The van der Waals surface area contributed by atoms with E-state index in [9.17, 15) is 13.2 Å². The Morgan fingerprint density at radius 2 is 1.35 bits per heavy atom. The molecule has 174 valence electrons. The zero-order chi connectivity index (χ0) is 24.0. The standard InChI is InChI=1S/C26H21F3N2O3/c27-26(28,29)34-23-13-11-20(15-22(23)30)21-12-14-24(32-16-18-7-3-1-4-8-18)31-25(21)33-17-19-9-5-2-6-10-19/h1-15H,16-17,30H2. The number of rotatable bonds is 8. The predicted octanol–water partition coefficient (Wildman–Crippen LogP) is 6.39. The topological polar surface area (TPSA) is 66.6 Å². The summed E-state index contributed by atoms with van der Waals surface area (Å²) in [5.41, 5.74) is 8.64. The van der Waals surface area contributed by atoms with Crippen LogP contribution in [0.15, 0.2) is 91.0 Å². The molecule has 0 spiro atoms. The van der Waals surface area contributed by atoms with Crippen LogP contribution in [0.1, 0.15) is 11.1 Å². The van der Waals surface area contributed by atoms with Crippen molar-refractivity contribution in [2.24, 2.45) is 0 Å². The summed E-state index contributed by atoms with van der Waals surface area (Å²) in [5.74, 6) is 0.137. The first-order valence-corrected chi connectivity index (χ1v) is 10.4. The molecule has 3 aromatic carbocycles. The number of pyridine rings is 1. The molecule has 0 atom stereocenters. The third kappa shape index (κ3) is 6.19. The van der Waals surface area contributed by atoms with Crippen molar-refractivity contribution >= 4 is 5.69 Å². The van der Waals surface area contributed by atoms with Crippen LogP contribution < -0.4 is 19.9 Å². The molecule has 0 amide bonds. The van der Waals surface area contributed by atoms with E-state index in [2.05, 4.69) is 9.72 Å². The SMILES string of the molecule is Nc1cc(-c2ccc(OCc3ccccc3)nc2OCc2ccccc2)ccc1OC(F)(F)F. The van der Waals surface area contributed by atoms with E-state index in [1.165, 1.54) is 18.2 Å². The molecule has 4 aromatic rings. The van der Waals surface area contributed by atoms with Gasteiger partial charge < -0.3 is 19.9 Å². The summed E-state index contributed by atoms with van der Waals surface area (Å²) in [6.07, 6.45) is -4.83. The number of hydrogen-bond donors (Lipinski definition) is 1. The third-order valence-electron chi connectivity index (χ3n) is 4.83. The van der Waals surface area contributed by atoms with Crippen LogP contribution in [-0.2, 0) is 13.2 Å². The zero-order valence-electron chi connectivity index (χ0n) is 18.0. The van der Waals surface area contributed by atoms with Crippen molar-refractivity contribution in [3.8, 4) is 28.6 Å². The molecule has 0 fully saturated rings. The van der Waals surface area contributed by atoms with Gasteiger partial charge in [-0.3, -0.25) is 0 Å². The van der Waals surface area contributed by atoms with Crippen molar-refractivity contribution in [2.45, 2.75) is 19.6 Å². The monoisotopic (exact) mass is 466 g/mol. The van der Waals surface area contributed by atoms with Crippen LogP contribution >= 0.6 is 0 Å². The van der Waals surface area contributed by atoms with E-state index in [-0.39, 0.29) is 18.2 Å². The molecule has 4 rings (SSSR count). The maximum absolute atomic E-state index is 12.6. The Kier molecular flexibility index (Phi) is 6.87. The summed E-state index contributed by atoms with van der Waals surface area (Å²) in [6.45, 7) is 0.565. The van der Waals surface area contributed by atoms with Gasteiger partial charge >= 0.3 is 6.36 Å². The number of nitrogens with zero attached hydrogens (tertiary/aromatic N) is 1. The highest BCUT2D eigenvalue weighted by Gasteiger charge is 2.32. The van der Waals surface area contributed by atoms with Crippen molar-refractivity contribution in [2.75, 3.05) is 5.73 Å². The fourth-order valence-corrected chi connectivity index (χ4v) is 3.22. The third-order valence-corrected chi connectivity index (χ3v) is 4.83. The van der Waals surface area contributed by atoms with Crippen LogP contribution in [0.5, 0.6) is 17.5 Å². The number of hydrogen-bond acceptors (Lipinski definition) is 5. The van der Waals surface area contributed by atoms with Crippen LogP contribution in [0.4, 0.5) is 18.9 Å². The quantitative estimate of drug-likeness (QED) is 0.305. The summed E-state index contributed by atoms with van der Waals surface area (Å²) >= 11 is 0. The normalized spacial score (nSPS) is 11.1. The molecule has 2 N–H and O–H groups in total. The molecular weight excluding hydrogens is 445 g/mol. The second-order valence-electron chi connectivity index (χ2n) is 7.35. The van der Waals surface area contributed by atoms with E-state index in [4.69, 9.17) is 15.2 Å². The minimum absolute atomic E-state index is 0.159. The average molecular weight is 466 g/mol. The first-order valence-electron chi connectivity index (χ1n) is 10.4. The van der Waals surface area contributed by atoms with Crippen molar-refractivity contribution < 1.29 is 27.4 Å². The van der Waals surface area contributed by atoms with E-state index in [1.54, 1.807) is 12.1 Å². The van der Waals surface area contributed by atoms with Gasteiger partial charge in [-0.25, -0.2) is 0 Å². The van der Waals surface area contributed by atoms with Crippen molar-refractivity contribution in [1.29, 1.82) is 0 Å². The lowest BCUT2D eigenvalue weighted by Crippen LogP contribution is -2.18. The van der Waals surface area contributed by atoms with E-state index in [1.807, 2.05) is 60.7 Å². The van der Waals surface area contributed by atoms with Gasteiger partial charge in [-0.1, -0.05) is 66.7 Å². The van der Waals surface area contributed by atoms with E-state index in [0.717, 1.165) is 11.1 Å². The predicted molar refractivity (Wildman–Crippen MR) is 122 cm³/mol. The number of nitrogens with two attached hydrogens (primary N) is 1. The maximum Gasteiger partial charge on any atom is 0.573 e. The fourth-order valence-electron chi connectivity index (χ4n) is 3.22. The summed E-state index contributed by atoms with van der Waals surface area (Å²) in [6, 6.07) is 26.6. The Hall–Kier alpha value is -4.20. The molecule has 0 radical (unpaired) electrons. The molecular formula is C26H21F3N2O3. The molecule has 5 nitrogen and oxygen atoms in total. The van der Waals surface area contributed by atoms with E-state index < -0.39 is 12.1 Å². The van der Waals surface area contributed by atoms with Gasteiger partial charge in [0, 0.05) is 11.6 Å². The lowest BCUT2D eigenvalue weighted by Gasteiger charge is -2.15. The first kappa shape index (κ1) is 23.0. The molecule has 0 saturated heterocycles. The van der Waals surface area contributed by atoms with Crippen LogP contribution in [0.2, 0.25) is 0 Å². The maximum atomic E-state index is 12.6. The summed E-state index contributed by atoms with van der Waals surface area (Å²) in [5, 5.41) is 0. The Balaban J connectivity index is 1.61. The minimum Gasteiger partial charge on any atom is -0.473 e. The summed E-state index contributed by atoms with van der Waals surface area (Å²) in [7, 11) is 0. The molecule has 0 unspecified atom stereocenters. The molecule has 1 heterocycles. The lowest BCUT2D eigenvalue weighted by molar-refractivity contribution is -0.274. The molecule has 34 heavy (non-hydrogen) atoms. The van der Waals surface area contributed by atoms with Crippen LogP contribution in [-0.4, -0.2) is 11.3 Å². The Morgan fingerprint density at radius 3 is 1.94 bits per heavy atom. The number of ether oxygens (including phenoxy) is 3.